The number of rotatable bonds is 3. The first-order valence-electron chi connectivity index (χ1n) is 10.2. The highest BCUT2D eigenvalue weighted by molar-refractivity contribution is 9.10. The van der Waals surface area contributed by atoms with Gasteiger partial charge in [0.1, 0.15) is 0 Å². The standard InChI is InChI=1S/C27H16BrN3S/c28-20-12-14-24-22(16-20)21-15-19(11-13-23(21)32-24)27-30-25(17-7-3-1-4-8-17)29-26(31-27)18-9-5-2-6-10-18/h1-16H. The van der Waals surface area contributed by atoms with Gasteiger partial charge in [0.25, 0.3) is 0 Å². The monoisotopic (exact) mass is 493 g/mol. The van der Waals surface area contributed by atoms with Crippen LogP contribution in [0.25, 0.3) is 54.3 Å². The van der Waals surface area contributed by atoms with E-state index in [2.05, 4.69) is 52.3 Å². The molecule has 0 unspecified atom stereocenters. The lowest BCUT2D eigenvalue weighted by atomic mass is 10.1. The van der Waals surface area contributed by atoms with Crippen molar-refractivity contribution < 1.29 is 0 Å². The van der Waals surface area contributed by atoms with Crippen molar-refractivity contribution in [3.05, 3.63) is 102 Å². The van der Waals surface area contributed by atoms with Crippen molar-refractivity contribution in [2.75, 3.05) is 0 Å². The van der Waals surface area contributed by atoms with E-state index in [1.165, 1.54) is 20.2 Å². The Morgan fingerprint density at radius 2 is 1.00 bits per heavy atom. The van der Waals surface area contributed by atoms with E-state index in [1.807, 2.05) is 60.7 Å². The molecule has 0 aliphatic rings. The second-order valence-corrected chi connectivity index (χ2v) is 9.49. The summed E-state index contributed by atoms with van der Waals surface area (Å²) in [5.74, 6) is 2.02. The fourth-order valence-electron chi connectivity index (χ4n) is 3.83. The maximum atomic E-state index is 4.86. The Labute approximate surface area is 197 Å². The number of aromatic nitrogens is 3. The summed E-state index contributed by atoms with van der Waals surface area (Å²) in [6.07, 6.45) is 0. The molecule has 152 valence electrons. The summed E-state index contributed by atoms with van der Waals surface area (Å²) >= 11 is 5.41. The molecule has 5 heteroatoms. The number of hydrogen-bond donors (Lipinski definition) is 0. The Hall–Kier alpha value is -3.41. The lowest BCUT2D eigenvalue weighted by Gasteiger charge is -2.08. The molecule has 0 N–H and O–H groups in total. The van der Waals surface area contributed by atoms with Crippen molar-refractivity contribution in [1.29, 1.82) is 0 Å². The number of thiophene rings is 1. The molecule has 32 heavy (non-hydrogen) atoms. The largest absolute Gasteiger partial charge is 0.208 e. The predicted molar refractivity (Wildman–Crippen MR) is 137 cm³/mol. The number of fused-ring (bicyclic) bond motifs is 3. The van der Waals surface area contributed by atoms with Gasteiger partial charge >= 0.3 is 0 Å². The van der Waals surface area contributed by atoms with Gasteiger partial charge in [0, 0.05) is 41.3 Å². The Morgan fingerprint density at radius 1 is 0.500 bits per heavy atom. The smallest absolute Gasteiger partial charge is 0.164 e. The zero-order valence-corrected chi connectivity index (χ0v) is 19.3. The van der Waals surface area contributed by atoms with Crippen molar-refractivity contribution in [1.82, 2.24) is 15.0 Å². The van der Waals surface area contributed by atoms with Crippen LogP contribution in [0.2, 0.25) is 0 Å². The first-order chi connectivity index (χ1) is 15.7. The highest BCUT2D eigenvalue weighted by Crippen LogP contribution is 2.37. The van der Waals surface area contributed by atoms with Crippen LogP contribution in [0.3, 0.4) is 0 Å². The van der Waals surface area contributed by atoms with Gasteiger partial charge in [-0.15, -0.1) is 11.3 Å². The Balaban J connectivity index is 1.58. The highest BCUT2D eigenvalue weighted by Gasteiger charge is 2.14. The molecule has 0 atom stereocenters. The predicted octanol–water partition coefficient (Wildman–Crippen LogP) is 8.00. The maximum Gasteiger partial charge on any atom is 0.164 e. The zero-order chi connectivity index (χ0) is 21.5. The molecule has 0 spiro atoms. The number of benzene rings is 4. The van der Waals surface area contributed by atoms with E-state index in [-0.39, 0.29) is 0 Å². The van der Waals surface area contributed by atoms with E-state index in [1.54, 1.807) is 11.3 Å². The van der Waals surface area contributed by atoms with Gasteiger partial charge < -0.3 is 0 Å². The van der Waals surface area contributed by atoms with E-state index < -0.39 is 0 Å². The van der Waals surface area contributed by atoms with E-state index in [4.69, 9.17) is 15.0 Å². The second-order valence-electron chi connectivity index (χ2n) is 7.49. The molecule has 0 saturated carbocycles. The van der Waals surface area contributed by atoms with E-state index in [0.29, 0.717) is 17.5 Å². The minimum atomic E-state index is 0.674. The summed E-state index contributed by atoms with van der Waals surface area (Å²) in [4.78, 5) is 14.5. The fraction of sp³-hybridized carbons (Fsp3) is 0. The normalized spacial score (nSPS) is 11.3. The van der Waals surface area contributed by atoms with Crippen LogP contribution in [0.15, 0.2) is 102 Å². The van der Waals surface area contributed by atoms with Crippen LogP contribution in [0.5, 0.6) is 0 Å². The molecule has 0 amide bonds. The second kappa shape index (κ2) is 7.93. The molecular weight excluding hydrogens is 478 g/mol. The van der Waals surface area contributed by atoms with Crippen LogP contribution < -0.4 is 0 Å². The topological polar surface area (TPSA) is 38.7 Å². The van der Waals surface area contributed by atoms with Crippen LogP contribution in [0.1, 0.15) is 0 Å². The third-order valence-electron chi connectivity index (χ3n) is 5.39. The van der Waals surface area contributed by atoms with E-state index in [0.717, 1.165) is 21.2 Å². The Morgan fingerprint density at radius 3 is 1.59 bits per heavy atom. The van der Waals surface area contributed by atoms with Gasteiger partial charge in [-0.05, 0) is 36.4 Å². The summed E-state index contributed by atoms with van der Waals surface area (Å²) in [6.45, 7) is 0. The summed E-state index contributed by atoms with van der Waals surface area (Å²) < 4.78 is 3.60. The van der Waals surface area contributed by atoms with Crippen LogP contribution in [-0.4, -0.2) is 15.0 Å². The molecule has 6 aromatic rings. The summed E-state index contributed by atoms with van der Waals surface area (Å²) in [5, 5.41) is 2.45. The average Bonchev–Trinajstić information content (AvgIpc) is 3.22. The third kappa shape index (κ3) is 3.49. The molecule has 0 aliphatic carbocycles. The van der Waals surface area contributed by atoms with E-state index >= 15 is 0 Å². The number of nitrogens with zero attached hydrogens (tertiary/aromatic N) is 3. The summed E-state index contributed by atoms with van der Waals surface area (Å²) in [6, 6.07) is 33.0. The molecule has 0 saturated heterocycles. The van der Waals surface area contributed by atoms with Gasteiger partial charge in [0.15, 0.2) is 17.5 Å². The van der Waals surface area contributed by atoms with Crippen molar-refractivity contribution in [2.24, 2.45) is 0 Å². The number of halogens is 1. The van der Waals surface area contributed by atoms with Gasteiger partial charge in [0.2, 0.25) is 0 Å². The van der Waals surface area contributed by atoms with Crippen molar-refractivity contribution in [3.8, 4) is 34.2 Å². The molecule has 0 radical (unpaired) electrons. The van der Waals surface area contributed by atoms with E-state index in [9.17, 15) is 0 Å². The van der Waals surface area contributed by atoms with Gasteiger partial charge in [-0.2, -0.15) is 0 Å². The van der Waals surface area contributed by atoms with Gasteiger partial charge in [-0.1, -0.05) is 76.6 Å². The minimum Gasteiger partial charge on any atom is -0.208 e. The molecule has 3 nitrogen and oxygen atoms in total. The lowest BCUT2D eigenvalue weighted by molar-refractivity contribution is 1.07. The summed E-state index contributed by atoms with van der Waals surface area (Å²) in [7, 11) is 0. The lowest BCUT2D eigenvalue weighted by Crippen LogP contribution is -2.00. The maximum absolute atomic E-state index is 4.86. The van der Waals surface area contributed by atoms with Gasteiger partial charge in [-0.3, -0.25) is 0 Å². The molecule has 6 rings (SSSR count). The molecule has 2 heterocycles. The first kappa shape index (κ1) is 19.3. The van der Waals surface area contributed by atoms with Crippen LogP contribution in [0.4, 0.5) is 0 Å². The molecular formula is C27H16BrN3S. The molecule has 0 aliphatic heterocycles. The van der Waals surface area contributed by atoms with Crippen molar-refractivity contribution in [3.63, 3.8) is 0 Å². The number of hydrogen-bond acceptors (Lipinski definition) is 4. The van der Waals surface area contributed by atoms with Crippen LogP contribution in [0, 0.1) is 0 Å². The molecule has 0 fully saturated rings. The summed E-state index contributed by atoms with van der Waals surface area (Å²) in [5.41, 5.74) is 2.92. The minimum absolute atomic E-state index is 0.674. The van der Waals surface area contributed by atoms with Crippen LogP contribution >= 0.6 is 27.3 Å². The van der Waals surface area contributed by atoms with Crippen molar-refractivity contribution >= 4 is 47.4 Å². The molecule has 2 aromatic heterocycles. The average molecular weight is 494 g/mol. The molecule has 4 aromatic carbocycles. The Kier molecular flexibility index (Phi) is 4.78. The van der Waals surface area contributed by atoms with Gasteiger partial charge in [0.05, 0.1) is 0 Å². The quantitative estimate of drug-likeness (QED) is 0.250. The SMILES string of the molecule is Brc1ccc2sc3ccc(-c4nc(-c5ccccc5)nc(-c5ccccc5)n4)cc3c2c1. The zero-order valence-electron chi connectivity index (χ0n) is 16.9. The fourth-order valence-corrected chi connectivity index (χ4v) is 5.25. The van der Waals surface area contributed by atoms with Crippen LogP contribution in [-0.2, 0) is 0 Å². The van der Waals surface area contributed by atoms with Crippen molar-refractivity contribution in [2.45, 2.75) is 0 Å². The Bertz CT molecular complexity index is 1520. The molecule has 0 bridgehead atoms. The third-order valence-corrected chi connectivity index (χ3v) is 7.03. The first-order valence-corrected chi connectivity index (χ1v) is 11.8. The van der Waals surface area contributed by atoms with Gasteiger partial charge in [-0.25, -0.2) is 15.0 Å². The highest BCUT2D eigenvalue weighted by atomic mass is 79.9.